The molecule has 3 rings (SSSR count). The normalized spacial score (nSPS) is 19.4. The number of carbonyl (C=O) groups is 1. The highest BCUT2D eigenvalue weighted by Gasteiger charge is 2.43. The molecule has 1 spiro atoms. The van der Waals surface area contributed by atoms with Gasteiger partial charge in [-0.2, -0.15) is 0 Å². The van der Waals surface area contributed by atoms with E-state index in [2.05, 4.69) is 30.9 Å². The number of benzene rings is 1. The van der Waals surface area contributed by atoms with Gasteiger partial charge in [0.05, 0.1) is 32.5 Å². The average molecular weight is 391 g/mol. The van der Waals surface area contributed by atoms with Crippen LogP contribution in [0, 0.1) is 0 Å². The molecule has 2 heterocycles. The maximum Gasteiger partial charge on any atom is 0.239 e. The molecule has 1 atom stereocenters. The molecule has 0 bridgehead atoms. The summed E-state index contributed by atoms with van der Waals surface area (Å²) in [6, 6.07) is 4.12. The van der Waals surface area contributed by atoms with Crippen molar-refractivity contribution in [3.05, 3.63) is 23.3 Å². The lowest BCUT2D eigenvalue weighted by Gasteiger charge is -2.46. The van der Waals surface area contributed by atoms with E-state index in [0.29, 0.717) is 6.61 Å². The molecule has 1 unspecified atom stereocenters. The van der Waals surface area contributed by atoms with E-state index in [1.165, 1.54) is 11.1 Å². The molecule has 6 heteroatoms. The zero-order valence-electron chi connectivity index (χ0n) is 17.9. The molecule has 1 aromatic rings. The summed E-state index contributed by atoms with van der Waals surface area (Å²) in [5, 5.41) is 0. The summed E-state index contributed by atoms with van der Waals surface area (Å²) in [6.45, 7) is 7.20. The largest absolute Gasteiger partial charge is 0.493 e. The molecule has 156 valence electrons. The number of amides is 1. The van der Waals surface area contributed by atoms with Gasteiger partial charge < -0.3 is 19.1 Å². The molecule has 0 aliphatic carbocycles. The van der Waals surface area contributed by atoms with Crippen molar-refractivity contribution in [1.29, 1.82) is 0 Å². The topological polar surface area (TPSA) is 51.2 Å². The number of hydrogen-bond acceptors (Lipinski definition) is 5. The van der Waals surface area contributed by atoms with E-state index in [0.717, 1.165) is 56.8 Å². The van der Waals surface area contributed by atoms with E-state index in [4.69, 9.17) is 14.2 Å². The molecule has 28 heavy (non-hydrogen) atoms. The zero-order chi connectivity index (χ0) is 20.3. The van der Waals surface area contributed by atoms with Gasteiger partial charge in [-0.05, 0) is 62.5 Å². The molecule has 0 N–H and O–H groups in total. The van der Waals surface area contributed by atoms with Gasteiger partial charge >= 0.3 is 0 Å². The van der Waals surface area contributed by atoms with Crippen molar-refractivity contribution >= 4 is 5.91 Å². The predicted octanol–water partition coefficient (Wildman–Crippen LogP) is 2.82. The molecular formula is C22H34N2O4. The zero-order valence-corrected chi connectivity index (χ0v) is 17.9. The van der Waals surface area contributed by atoms with Gasteiger partial charge in [-0.25, -0.2) is 0 Å². The third-order valence-corrected chi connectivity index (χ3v) is 6.44. The Morgan fingerprint density at radius 3 is 2.43 bits per heavy atom. The van der Waals surface area contributed by atoms with Crippen LogP contribution in [0.5, 0.6) is 11.5 Å². The Morgan fingerprint density at radius 1 is 1.21 bits per heavy atom. The van der Waals surface area contributed by atoms with Gasteiger partial charge in [-0.3, -0.25) is 9.69 Å². The van der Waals surface area contributed by atoms with Gasteiger partial charge in [0, 0.05) is 13.1 Å². The van der Waals surface area contributed by atoms with E-state index in [1.807, 2.05) is 11.9 Å². The van der Waals surface area contributed by atoms with E-state index < -0.39 is 0 Å². The van der Waals surface area contributed by atoms with Crippen LogP contribution in [-0.2, 0) is 21.6 Å². The number of ether oxygens (including phenoxy) is 3. The van der Waals surface area contributed by atoms with Crippen molar-refractivity contribution in [1.82, 2.24) is 9.80 Å². The number of hydrogen-bond donors (Lipinski definition) is 0. The molecule has 1 aromatic carbocycles. The first-order chi connectivity index (χ1) is 13.5. The van der Waals surface area contributed by atoms with Crippen molar-refractivity contribution in [2.24, 2.45) is 0 Å². The second-order valence-electron chi connectivity index (χ2n) is 7.78. The molecule has 1 amide bonds. The number of methoxy groups -OCH3 is 2. The summed E-state index contributed by atoms with van der Waals surface area (Å²) in [6.07, 6.45) is 3.33. The maximum absolute atomic E-state index is 13.0. The quantitative estimate of drug-likeness (QED) is 0.748. The van der Waals surface area contributed by atoms with Gasteiger partial charge in [-0.1, -0.05) is 13.8 Å². The minimum atomic E-state index is -0.331. The molecule has 2 aliphatic rings. The molecule has 0 aromatic heterocycles. The summed E-state index contributed by atoms with van der Waals surface area (Å²) >= 11 is 0. The third kappa shape index (κ3) is 3.72. The number of fused-ring (bicyclic) bond motifs is 2. The molecule has 6 nitrogen and oxygen atoms in total. The van der Waals surface area contributed by atoms with Gasteiger partial charge in [0.1, 0.15) is 0 Å². The van der Waals surface area contributed by atoms with Crippen molar-refractivity contribution in [2.75, 3.05) is 47.5 Å². The van der Waals surface area contributed by atoms with Crippen LogP contribution in [0.15, 0.2) is 12.1 Å². The lowest BCUT2D eigenvalue weighted by molar-refractivity contribution is -0.145. The standard InChI is InChI=1S/C22H34N2O4/c1-6-18(23(3)7-2)21(25)24-11-9-22(10-12-24)17-15-20(27-5)19(26-4)14-16(17)8-13-28-22/h14-15,18H,6-13H2,1-5H3. The van der Waals surface area contributed by atoms with Crippen molar-refractivity contribution in [3.8, 4) is 11.5 Å². The Kier molecular flexibility index (Phi) is 6.50. The molecule has 1 saturated heterocycles. The number of likely N-dealkylation sites (N-methyl/N-ethyl adjacent to an activating group) is 1. The lowest BCUT2D eigenvalue weighted by Crippen LogP contribution is -2.53. The van der Waals surface area contributed by atoms with Crippen LogP contribution in [0.4, 0.5) is 0 Å². The van der Waals surface area contributed by atoms with Crippen LogP contribution in [0.3, 0.4) is 0 Å². The summed E-state index contributed by atoms with van der Waals surface area (Å²) in [7, 11) is 5.36. The minimum absolute atomic E-state index is 0.0389. The van der Waals surface area contributed by atoms with Gasteiger partial charge in [0.15, 0.2) is 11.5 Å². The van der Waals surface area contributed by atoms with E-state index in [-0.39, 0.29) is 17.6 Å². The number of likely N-dealkylation sites (tertiary alicyclic amines) is 1. The van der Waals surface area contributed by atoms with Gasteiger partial charge in [-0.15, -0.1) is 0 Å². The fourth-order valence-corrected chi connectivity index (χ4v) is 4.59. The van der Waals surface area contributed by atoms with Crippen molar-refractivity contribution in [2.45, 2.75) is 51.2 Å². The summed E-state index contributed by atoms with van der Waals surface area (Å²) in [5.41, 5.74) is 2.13. The van der Waals surface area contributed by atoms with E-state index in [9.17, 15) is 4.79 Å². The molecule has 0 saturated carbocycles. The lowest BCUT2D eigenvalue weighted by atomic mass is 9.79. The van der Waals surface area contributed by atoms with E-state index in [1.54, 1.807) is 14.2 Å². The van der Waals surface area contributed by atoms with Gasteiger partial charge in [0.25, 0.3) is 0 Å². The van der Waals surface area contributed by atoms with Crippen LogP contribution >= 0.6 is 0 Å². The summed E-state index contributed by atoms with van der Waals surface area (Å²) in [5.74, 6) is 1.74. The van der Waals surface area contributed by atoms with Crippen molar-refractivity contribution in [3.63, 3.8) is 0 Å². The van der Waals surface area contributed by atoms with Gasteiger partial charge in [0.2, 0.25) is 5.91 Å². The number of carbonyl (C=O) groups excluding carboxylic acids is 1. The molecule has 0 radical (unpaired) electrons. The Morgan fingerprint density at radius 2 is 1.86 bits per heavy atom. The number of piperidine rings is 1. The molecule has 1 fully saturated rings. The van der Waals surface area contributed by atoms with Crippen LogP contribution in [0.1, 0.15) is 44.2 Å². The fourth-order valence-electron chi connectivity index (χ4n) is 4.59. The first-order valence-electron chi connectivity index (χ1n) is 10.4. The van der Waals surface area contributed by atoms with Crippen LogP contribution in [0.2, 0.25) is 0 Å². The second-order valence-corrected chi connectivity index (χ2v) is 7.78. The van der Waals surface area contributed by atoms with Crippen LogP contribution < -0.4 is 9.47 Å². The third-order valence-electron chi connectivity index (χ3n) is 6.44. The Hall–Kier alpha value is -1.79. The highest BCUT2D eigenvalue weighted by Crippen LogP contribution is 2.45. The first kappa shape index (κ1) is 20.9. The fraction of sp³-hybridized carbons (Fsp3) is 0.682. The second kappa shape index (κ2) is 8.70. The van der Waals surface area contributed by atoms with Crippen LogP contribution in [-0.4, -0.2) is 69.3 Å². The SMILES string of the molecule is CCC(C(=O)N1CCC2(CC1)OCCc1cc(OC)c(OC)cc12)N(C)CC. The first-order valence-corrected chi connectivity index (χ1v) is 10.4. The Bertz CT molecular complexity index is 698. The van der Waals surface area contributed by atoms with Crippen molar-refractivity contribution < 1.29 is 19.0 Å². The maximum atomic E-state index is 13.0. The summed E-state index contributed by atoms with van der Waals surface area (Å²) < 4.78 is 17.3. The summed E-state index contributed by atoms with van der Waals surface area (Å²) in [4.78, 5) is 17.2. The highest BCUT2D eigenvalue weighted by atomic mass is 16.5. The highest BCUT2D eigenvalue weighted by molar-refractivity contribution is 5.82. The number of nitrogens with zero attached hydrogens (tertiary/aromatic N) is 2. The van der Waals surface area contributed by atoms with E-state index >= 15 is 0 Å². The molecule has 2 aliphatic heterocycles. The minimum Gasteiger partial charge on any atom is -0.493 e. The van der Waals surface area contributed by atoms with Crippen LogP contribution in [0.25, 0.3) is 0 Å². The monoisotopic (exact) mass is 390 g/mol. The average Bonchev–Trinajstić information content (AvgIpc) is 2.73. The predicted molar refractivity (Wildman–Crippen MR) is 109 cm³/mol. The number of rotatable bonds is 6. The molecular weight excluding hydrogens is 356 g/mol. The smallest absolute Gasteiger partial charge is 0.239 e. The Labute approximate surface area is 168 Å². The Balaban J connectivity index is 1.80.